The molecule has 6 heteroatoms. The summed E-state index contributed by atoms with van der Waals surface area (Å²) in [7, 11) is -2.17. The largest absolute Gasteiger partial charge is 0.495 e. The molecule has 1 saturated heterocycles. The Kier molecular flexibility index (Phi) is 4.91. The summed E-state index contributed by atoms with van der Waals surface area (Å²) in [5, 5.41) is 9.25. The van der Waals surface area contributed by atoms with Crippen molar-refractivity contribution in [1.29, 1.82) is 0 Å². The number of aliphatic hydroxyl groups excluding tert-OH is 1. The van der Waals surface area contributed by atoms with E-state index in [2.05, 4.69) is 6.92 Å². The molecule has 2 unspecified atom stereocenters. The molecule has 1 fully saturated rings. The zero-order valence-corrected chi connectivity index (χ0v) is 13.6. The van der Waals surface area contributed by atoms with Crippen LogP contribution in [0.4, 0.5) is 0 Å². The number of rotatable bonds is 4. The van der Waals surface area contributed by atoms with Crippen molar-refractivity contribution in [2.75, 3.05) is 13.7 Å². The van der Waals surface area contributed by atoms with Gasteiger partial charge in [-0.05, 0) is 43.4 Å². The predicted octanol–water partition coefficient (Wildman–Crippen LogP) is 2.00. The molecule has 2 rings (SSSR count). The minimum atomic E-state index is -3.62. The van der Waals surface area contributed by atoms with Crippen LogP contribution < -0.4 is 4.74 Å². The van der Waals surface area contributed by atoms with Gasteiger partial charge in [-0.15, -0.1) is 0 Å². The van der Waals surface area contributed by atoms with E-state index in [1.807, 2.05) is 6.92 Å². The molecule has 1 aliphatic rings. The molecule has 1 aromatic carbocycles. The molecule has 0 amide bonds. The van der Waals surface area contributed by atoms with Crippen molar-refractivity contribution in [1.82, 2.24) is 4.31 Å². The monoisotopic (exact) mass is 313 g/mol. The number of ether oxygens (including phenoxy) is 1. The summed E-state index contributed by atoms with van der Waals surface area (Å²) < 4.78 is 32.7. The topological polar surface area (TPSA) is 66.8 Å². The Morgan fingerprint density at radius 1 is 1.33 bits per heavy atom. The number of hydrogen-bond donors (Lipinski definition) is 1. The molecule has 1 heterocycles. The maximum atomic E-state index is 13.0. The number of methoxy groups -OCH3 is 1. The van der Waals surface area contributed by atoms with Gasteiger partial charge in [0.1, 0.15) is 10.6 Å². The molecule has 0 aliphatic carbocycles. The Morgan fingerprint density at radius 2 is 2.05 bits per heavy atom. The van der Waals surface area contributed by atoms with Gasteiger partial charge in [0.25, 0.3) is 0 Å². The molecular formula is C15H23NO4S. The Labute approximate surface area is 126 Å². The van der Waals surface area contributed by atoms with Crippen LogP contribution >= 0.6 is 0 Å². The highest BCUT2D eigenvalue weighted by atomic mass is 32.2. The fourth-order valence-corrected chi connectivity index (χ4v) is 4.72. The van der Waals surface area contributed by atoms with E-state index in [0.29, 0.717) is 23.8 Å². The van der Waals surface area contributed by atoms with Crippen LogP contribution in [0.1, 0.15) is 32.3 Å². The van der Waals surface area contributed by atoms with Gasteiger partial charge in [-0.1, -0.05) is 13.0 Å². The fourth-order valence-electron chi connectivity index (χ4n) is 2.73. The zero-order valence-electron chi connectivity index (χ0n) is 12.7. The molecule has 118 valence electrons. The highest BCUT2D eigenvalue weighted by Crippen LogP contribution is 2.32. The number of benzene rings is 1. The van der Waals surface area contributed by atoms with Crippen molar-refractivity contribution in [3.05, 3.63) is 23.8 Å². The number of sulfonamides is 1. The highest BCUT2D eigenvalue weighted by Gasteiger charge is 2.35. The number of aliphatic hydroxyl groups is 1. The standard InChI is InChI=1S/C15H23NO4S/c1-11-4-5-12(2)16(9-11)21(18,19)15-8-13(10-17)6-7-14(15)20-3/h6-8,11-12,17H,4-5,9-10H2,1-3H3. The van der Waals surface area contributed by atoms with Crippen molar-refractivity contribution in [2.24, 2.45) is 5.92 Å². The Hall–Kier alpha value is -1.11. The van der Waals surface area contributed by atoms with Crippen LogP contribution in [0, 0.1) is 5.92 Å². The van der Waals surface area contributed by atoms with Crippen LogP contribution in [0.5, 0.6) is 5.75 Å². The van der Waals surface area contributed by atoms with Gasteiger partial charge < -0.3 is 9.84 Å². The maximum absolute atomic E-state index is 13.0. The van der Waals surface area contributed by atoms with E-state index < -0.39 is 10.0 Å². The Morgan fingerprint density at radius 3 is 2.67 bits per heavy atom. The molecule has 1 aromatic rings. The number of hydrogen-bond acceptors (Lipinski definition) is 4. The third-order valence-corrected chi connectivity index (χ3v) is 6.06. The van der Waals surface area contributed by atoms with Gasteiger partial charge in [0.05, 0.1) is 13.7 Å². The van der Waals surface area contributed by atoms with Gasteiger partial charge in [-0.25, -0.2) is 8.42 Å². The van der Waals surface area contributed by atoms with Gasteiger partial charge in [-0.2, -0.15) is 4.31 Å². The molecule has 0 bridgehead atoms. The van der Waals surface area contributed by atoms with Crippen LogP contribution in [0.3, 0.4) is 0 Å². The minimum Gasteiger partial charge on any atom is -0.495 e. The van der Waals surface area contributed by atoms with Crippen LogP contribution in [-0.4, -0.2) is 37.5 Å². The van der Waals surface area contributed by atoms with Gasteiger partial charge in [0.15, 0.2) is 0 Å². The van der Waals surface area contributed by atoms with E-state index in [-0.39, 0.29) is 17.5 Å². The molecule has 2 atom stereocenters. The van der Waals surface area contributed by atoms with Gasteiger partial charge in [0.2, 0.25) is 10.0 Å². The Bertz CT molecular complexity index is 600. The first-order chi connectivity index (χ1) is 9.90. The highest BCUT2D eigenvalue weighted by molar-refractivity contribution is 7.89. The Balaban J connectivity index is 2.47. The summed E-state index contributed by atoms with van der Waals surface area (Å²) in [6.07, 6.45) is 1.91. The summed E-state index contributed by atoms with van der Waals surface area (Å²) in [6.45, 7) is 4.33. The minimum absolute atomic E-state index is 0.0197. The van der Waals surface area contributed by atoms with Crippen LogP contribution in [0.25, 0.3) is 0 Å². The van der Waals surface area contributed by atoms with E-state index in [1.54, 1.807) is 16.4 Å². The van der Waals surface area contributed by atoms with Crippen LogP contribution in [0.2, 0.25) is 0 Å². The molecular weight excluding hydrogens is 290 g/mol. The molecule has 0 spiro atoms. The first-order valence-electron chi connectivity index (χ1n) is 7.19. The van der Waals surface area contributed by atoms with Crippen molar-refractivity contribution in [2.45, 2.75) is 44.2 Å². The van der Waals surface area contributed by atoms with E-state index in [9.17, 15) is 13.5 Å². The molecule has 1 N–H and O–H groups in total. The molecule has 0 aromatic heterocycles. The normalized spacial score (nSPS) is 24.0. The first-order valence-corrected chi connectivity index (χ1v) is 8.63. The van der Waals surface area contributed by atoms with Gasteiger partial charge >= 0.3 is 0 Å². The second-order valence-electron chi connectivity index (χ2n) is 5.75. The average molecular weight is 313 g/mol. The van der Waals surface area contributed by atoms with Crippen molar-refractivity contribution < 1.29 is 18.3 Å². The molecule has 1 aliphatic heterocycles. The van der Waals surface area contributed by atoms with Gasteiger partial charge in [0, 0.05) is 12.6 Å². The average Bonchev–Trinajstić information content (AvgIpc) is 2.48. The molecule has 21 heavy (non-hydrogen) atoms. The van der Waals surface area contributed by atoms with Crippen LogP contribution in [0.15, 0.2) is 23.1 Å². The lowest BCUT2D eigenvalue weighted by Crippen LogP contribution is -2.44. The van der Waals surface area contributed by atoms with E-state index in [1.165, 1.54) is 13.2 Å². The summed E-state index contributed by atoms with van der Waals surface area (Å²) in [4.78, 5) is 0.137. The smallest absolute Gasteiger partial charge is 0.247 e. The lowest BCUT2D eigenvalue weighted by atomic mass is 9.97. The van der Waals surface area contributed by atoms with Crippen molar-refractivity contribution in [3.8, 4) is 5.75 Å². The third kappa shape index (κ3) is 3.22. The van der Waals surface area contributed by atoms with Crippen molar-refractivity contribution >= 4 is 10.0 Å². The third-order valence-electron chi connectivity index (χ3n) is 4.06. The van der Waals surface area contributed by atoms with E-state index >= 15 is 0 Å². The predicted molar refractivity (Wildman–Crippen MR) is 80.7 cm³/mol. The van der Waals surface area contributed by atoms with E-state index in [0.717, 1.165) is 12.8 Å². The quantitative estimate of drug-likeness (QED) is 0.923. The second kappa shape index (κ2) is 6.34. The molecule has 0 saturated carbocycles. The van der Waals surface area contributed by atoms with E-state index in [4.69, 9.17) is 4.74 Å². The molecule has 0 radical (unpaired) electrons. The second-order valence-corrected chi connectivity index (χ2v) is 7.61. The lowest BCUT2D eigenvalue weighted by Gasteiger charge is -2.35. The van der Waals surface area contributed by atoms with Crippen molar-refractivity contribution in [3.63, 3.8) is 0 Å². The van der Waals surface area contributed by atoms with Crippen LogP contribution in [-0.2, 0) is 16.6 Å². The summed E-state index contributed by atoms with van der Waals surface area (Å²) in [5.41, 5.74) is 0.562. The summed E-state index contributed by atoms with van der Waals surface area (Å²) in [6, 6.07) is 4.74. The first kappa shape index (κ1) is 16.3. The maximum Gasteiger partial charge on any atom is 0.247 e. The SMILES string of the molecule is COc1ccc(CO)cc1S(=O)(=O)N1CC(C)CCC1C. The number of piperidine rings is 1. The lowest BCUT2D eigenvalue weighted by molar-refractivity contribution is 0.217. The fraction of sp³-hybridized carbons (Fsp3) is 0.600. The number of nitrogens with zero attached hydrogens (tertiary/aromatic N) is 1. The molecule has 5 nitrogen and oxygen atoms in total. The summed E-state index contributed by atoms with van der Waals surface area (Å²) >= 11 is 0. The summed E-state index contributed by atoms with van der Waals surface area (Å²) in [5.74, 6) is 0.667. The zero-order chi connectivity index (χ0) is 15.6. The van der Waals surface area contributed by atoms with Gasteiger partial charge in [-0.3, -0.25) is 0 Å².